The molecule has 0 aliphatic carbocycles. The highest BCUT2D eigenvalue weighted by molar-refractivity contribution is 9.10. The van der Waals surface area contributed by atoms with E-state index in [0.717, 1.165) is 4.47 Å². The lowest BCUT2D eigenvalue weighted by molar-refractivity contribution is 0.637. The molecule has 2 aromatic carbocycles. The minimum atomic E-state index is -0.528. The summed E-state index contributed by atoms with van der Waals surface area (Å²) in [6, 6.07) is 10.1. The summed E-state index contributed by atoms with van der Waals surface area (Å²) < 4.78 is 16.5. The van der Waals surface area contributed by atoms with Crippen LogP contribution in [0.3, 0.4) is 0 Å². The molecule has 0 saturated carbocycles. The molecule has 1 N–H and O–H groups in total. The number of anilines is 2. The lowest BCUT2D eigenvalue weighted by atomic mass is 10.2. The Morgan fingerprint density at radius 2 is 2.14 bits per heavy atom. The molecule has 0 amide bonds. The van der Waals surface area contributed by atoms with Crippen LogP contribution in [0, 0.1) is 17.1 Å². The third-order valence-electron chi connectivity index (χ3n) is 3.25. The van der Waals surface area contributed by atoms with Crippen molar-refractivity contribution < 1.29 is 4.39 Å². The number of nitrogens with zero attached hydrogens (tertiary/aromatic N) is 3. The maximum absolute atomic E-state index is 14.0. The van der Waals surface area contributed by atoms with Gasteiger partial charge in [0.1, 0.15) is 5.52 Å². The molecule has 0 spiro atoms. The van der Waals surface area contributed by atoms with E-state index in [2.05, 4.69) is 26.2 Å². The molecule has 22 heavy (non-hydrogen) atoms. The van der Waals surface area contributed by atoms with E-state index in [4.69, 9.17) is 16.9 Å². The first-order chi connectivity index (χ1) is 10.5. The molecule has 0 saturated heterocycles. The second-order valence-electron chi connectivity index (χ2n) is 4.68. The zero-order valence-electron chi connectivity index (χ0n) is 11.4. The highest BCUT2D eigenvalue weighted by Gasteiger charge is 2.14. The molecule has 0 bridgehead atoms. The molecule has 0 aliphatic heterocycles. The topological polar surface area (TPSA) is 53.6 Å². The first-order valence-electron chi connectivity index (χ1n) is 6.27. The van der Waals surface area contributed by atoms with Gasteiger partial charge in [0.15, 0.2) is 5.82 Å². The summed E-state index contributed by atoms with van der Waals surface area (Å²) in [6.07, 6.45) is 0. The fourth-order valence-corrected chi connectivity index (χ4v) is 2.85. The molecule has 3 aromatic rings. The summed E-state index contributed by atoms with van der Waals surface area (Å²) >= 11 is 9.50. The molecule has 110 valence electrons. The van der Waals surface area contributed by atoms with Gasteiger partial charge in [-0.3, -0.25) is 0 Å². The molecule has 0 unspecified atom stereocenters. The van der Waals surface area contributed by atoms with Crippen LogP contribution < -0.4 is 5.32 Å². The number of benzene rings is 2. The summed E-state index contributed by atoms with van der Waals surface area (Å²) in [5, 5.41) is 12.5. The number of rotatable bonds is 2. The van der Waals surface area contributed by atoms with Crippen LogP contribution >= 0.6 is 27.5 Å². The largest absolute Gasteiger partial charge is 0.324 e. The van der Waals surface area contributed by atoms with Crippen molar-refractivity contribution in [1.29, 1.82) is 5.26 Å². The average Bonchev–Trinajstić information content (AvgIpc) is 2.79. The zero-order valence-corrected chi connectivity index (χ0v) is 13.7. The van der Waals surface area contributed by atoms with E-state index < -0.39 is 5.82 Å². The molecule has 0 radical (unpaired) electrons. The van der Waals surface area contributed by atoms with Crippen molar-refractivity contribution in [2.45, 2.75) is 0 Å². The smallest absolute Gasteiger partial charge is 0.208 e. The van der Waals surface area contributed by atoms with Crippen LogP contribution in [0.5, 0.6) is 0 Å². The first-order valence-corrected chi connectivity index (χ1v) is 7.45. The maximum Gasteiger partial charge on any atom is 0.208 e. The minimum absolute atomic E-state index is 0.206. The van der Waals surface area contributed by atoms with Crippen molar-refractivity contribution in [3.63, 3.8) is 0 Å². The number of fused-ring (bicyclic) bond motifs is 1. The van der Waals surface area contributed by atoms with Gasteiger partial charge in [-0.25, -0.2) is 9.37 Å². The van der Waals surface area contributed by atoms with Crippen LogP contribution in [0.4, 0.5) is 16.0 Å². The molecular weight excluding hydrogens is 371 g/mol. The number of aromatic nitrogens is 2. The van der Waals surface area contributed by atoms with Gasteiger partial charge >= 0.3 is 0 Å². The SMILES string of the molecule is Cn1c(Nc2ccc(Br)cc2Cl)nc2c(F)cc(C#N)cc21. The van der Waals surface area contributed by atoms with Crippen molar-refractivity contribution in [2.75, 3.05) is 5.32 Å². The molecule has 4 nitrogen and oxygen atoms in total. The van der Waals surface area contributed by atoms with Crippen LogP contribution in [-0.2, 0) is 7.05 Å². The lowest BCUT2D eigenvalue weighted by Crippen LogP contribution is -1.99. The number of hydrogen-bond donors (Lipinski definition) is 1. The highest BCUT2D eigenvalue weighted by atomic mass is 79.9. The van der Waals surface area contributed by atoms with Gasteiger partial charge in [-0.05, 0) is 30.3 Å². The molecule has 0 aliphatic rings. The summed E-state index contributed by atoms with van der Waals surface area (Å²) in [4.78, 5) is 4.24. The quantitative estimate of drug-likeness (QED) is 0.699. The van der Waals surface area contributed by atoms with Crippen LogP contribution in [0.25, 0.3) is 11.0 Å². The van der Waals surface area contributed by atoms with E-state index in [1.165, 1.54) is 6.07 Å². The second kappa shape index (κ2) is 5.59. The Kier molecular flexibility index (Phi) is 3.77. The fourth-order valence-electron chi connectivity index (χ4n) is 2.13. The minimum Gasteiger partial charge on any atom is -0.324 e. The summed E-state index contributed by atoms with van der Waals surface area (Å²) in [5.74, 6) is -0.0900. The normalized spacial score (nSPS) is 10.7. The van der Waals surface area contributed by atoms with E-state index in [9.17, 15) is 4.39 Å². The van der Waals surface area contributed by atoms with Crippen molar-refractivity contribution >= 4 is 50.2 Å². The monoisotopic (exact) mass is 378 g/mol. The van der Waals surface area contributed by atoms with Gasteiger partial charge in [0.2, 0.25) is 5.95 Å². The Morgan fingerprint density at radius 1 is 1.36 bits per heavy atom. The molecule has 1 heterocycles. The second-order valence-corrected chi connectivity index (χ2v) is 6.00. The van der Waals surface area contributed by atoms with E-state index in [1.54, 1.807) is 29.8 Å². The van der Waals surface area contributed by atoms with E-state index >= 15 is 0 Å². The number of aryl methyl sites for hydroxylation is 1. The van der Waals surface area contributed by atoms with E-state index in [0.29, 0.717) is 22.2 Å². The third-order valence-corrected chi connectivity index (χ3v) is 4.05. The Hall–Kier alpha value is -2.10. The van der Waals surface area contributed by atoms with Gasteiger partial charge in [0.05, 0.1) is 27.9 Å². The average molecular weight is 380 g/mol. The van der Waals surface area contributed by atoms with Gasteiger partial charge in [-0.15, -0.1) is 0 Å². The van der Waals surface area contributed by atoms with Crippen molar-refractivity contribution in [1.82, 2.24) is 9.55 Å². The Bertz CT molecular complexity index is 929. The molecule has 7 heteroatoms. The fraction of sp³-hybridized carbons (Fsp3) is 0.0667. The van der Waals surface area contributed by atoms with Gasteiger partial charge in [-0.2, -0.15) is 5.26 Å². The number of nitriles is 1. The van der Waals surface area contributed by atoms with Gasteiger partial charge in [0.25, 0.3) is 0 Å². The zero-order chi connectivity index (χ0) is 15.9. The van der Waals surface area contributed by atoms with Gasteiger partial charge < -0.3 is 9.88 Å². The summed E-state index contributed by atoms with van der Waals surface area (Å²) in [5.41, 5.74) is 1.65. The summed E-state index contributed by atoms with van der Waals surface area (Å²) in [6.45, 7) is 0. The predicted octanol–water partition coefficient (Wildman–Crippen LogP) is 4.74. The van der Waals surface area contributed by atoms with Crippen molar-refractivity contribution in [3.8, 4) is 6.07 Å². The third kappa shape index (κ3) is 2.54. The number of hydrogen-bond acceptors (Lipinski definition) is 3. The van der Waals surface area contributed by atoms with Crippen molar-refractivity contribution in [2.24, 2.45) is 7.05 Å². The summed E-state index contributed by atoms with van der Waals surface area (Å²) in [7, 11) is 1.74. The van der Waals surface area contributed by atoms with Crippen LogP contribution in [0.2, 0.25) is 5.02 Å². The molecule has 0 fully saturated rings. The van der Waals surface area contributed by atoms with E-state index in [1.807, 2.05) is 12.1 Å². The first kappa shape index (κ1) is 14.8. The lowest BCUT2D eigenvalue weighted by Gasteiger charge is -2.08. The van der Waals surface area contributed by atoms with E-state index in [-0.39, 0.29) is 11.1 Å². The maximum atomic E-state index is 14.0. The van der Waals surface area contributed by atoms with Crippen LogP contribution in [-0.4, -0.2) is 9.55 Å². The number of imidazole rings is 1. The molecular formula is C15H9BrClFN4. The highest BCUT2D eigenvalue weighted by Crippen LogP contribution is 2.30. The van der Waals surface area contributed by atoms with Crippen LogP contribution in [0.1, 0.15) is 5.56 Å². The van der Waals surface area contributed by atoms with Gasteiger partial charge in [-0.1, -0.05) is 27.5 Å². The number of nitrogens with one attached hydrogen (secondary N) is 1. The standard InChI is InChI=1S/C15H9BrClFN4/c1-22-13-5-8(7-19)4-11(18)14(13)21-15(22)20-12-3-2-9(16)6-10(12)17/h2-6H,1H3,(H,20,21). The number of halogens is 3. The Balaban J connectivity index is 2.10. The Labute approximate surface area is 139 Å². The Morgan fingerprint density at radius 3 is 2.82 bits per heavy atom. The van der Waals surface area contributed by atoms with Crippen LogP contribution in [0.15, 0.2) is 34.8 Å². The molecule has 1 aromatic heterocycles. The van der Waals surface area contributed by atoms with Gasteiger partial charge in [0, 0.05) is 11.5 Å². The predicted molar refractivity (Wildman–Crippen MR) is 87.8 cm³/mol. The van der Waals surface area contributed by atoms with Crippen molar-refractivity contribution in [3.05, 3.63) is 51.2 Å². The molecule has 0 atom stereocenters. The molecule has 3 rings (SSSR count).